The predicted octanol–water partition coefficient (Wildman–Crippen LogP) is 3.00. The van der Waals surface area contributed by atoms with Crippen molar-refractivity contribution in [2.75, 3.05) is 19.7 Å². The number of likely N-dealkylation sites (tertiary alicyclic amines) is 1. The standard InChI is InChI=1S/C21H28FN3O3/c1-4-27-19-9-11-23-21(20(19)22)25-12-10-18(13-25)28-17-7-5-16(6-8-17)14(2)24-15(3)26/h5-9,11,14,18,21,23H,4,10,12-13H2,1-3H3,(H,24,26)/t14-,18+,21?/m0/s1. The van der Waals surface area contributed by atoms with Crippen LogP contribution in [0.3, 0.4) is 0 Å². The monoisotopic (exact) mass is 389 g/mol. The molecule has 152 valence electrons. The molecule has 0 bridgehead atoms. The Morgan fingerprint density at radius 2 is 2.14 bits per heavy atom. The second-order valence-electron chi connectivity index (χ2n) is 7.06. The Balaban J connectivity index is 1.56. The fourth-order valence-electron chi connectivity index (χ4n) is 3.54. The summed E-state index contributed by atoms with van der Waals surface area (Å²) < 4.78 is 26.1. The van der Waals surface area contributed by atoms with Gasteiger partial charge in [0, 0.05) is 26.2 Å². The first kappa shape index (κ1) is 20.2. The highest BCUT2D eigenvalue weighted by Crippen LogP contribution is 2.26. The molecule has 2 aliphatic rings. The van der Waals surface area contributed by atoms with E-state index in [9.17, 15) is 9.18 Å². The molecule has 6 nitrogen and oxygen atoms in total. The van der Waals surface area contributed by atoms with Crippen molar-refractivity contribution < 1.29 is 18.7 Å². The number of amides is 1. The molecular weight excluding hydrogens is 361 g/mol. The molecule has 1 aromatic carbocycles. The van der Waals surface area contributed by atoms with Gasteiger partial charge >= 0.3 is 0 Å². The second kappa shape index (κ2) is 9.10. The van der Waals surface area contributed by atoms with E-state index in [0.717, 1.165) is 24.3 Å². The molecule has 1 amide bonds. The lowest BCUT2D eigenvalue weighted by Crippen LogP contribution is -2.45. The maximum absolute atomic E-state index is 14.6. The molecule has 2 N–H and O–H groups in total. The Hall–Kier alpha value is -2.54. The second-order valence-corrected chi connectivity index (χ2v) is 7.06. The zero-order chi connectivity index (χ0) is 20.1. The molecule has 1 aromatic rings. The highest BCUT2D eigenvalue weighted by molar-refractivity contribution is 5.73. The van der Waals surface area contributed by atoms with Crippen molar-refractivity contribution >= 4 is 5.91 Å². The van der Waals surface area contributed by atoms with Crippen LogP contribution in [0.15, 0.2) is 48.1 Å². The van der Waals surface area contributed by atoms with Crippen LogP contribution in [0.5, 0.6) is 5.75 Å². The van der Waals surface area contributed by atoms with Gasteiger partial charge in [-0.25, -0.2) is 4.39 Å². The fourth-order valence-corrected chi connectivity index (χ4v) is 3.54. The first-order chi connectivity index (χ1) is 13.5. The highest BCUT2D eigenvalue weighted by atomic mass is 19.1. The maximum Gasteiger partial charge on any atom is 0.217 e. The van der Waals surface area contributed by atoms with Gasteiger partial charge in [-0.2, -0.15) is 0 Å². The summed E-state index contributed by atoms with van der Waals surface area (Å²) in [5.41, 5.74) is 1.02. The number of carbonyl (C=O) groups excluding carboxylic acids is 1. The first-order valence-electron chi connectivity index (χ1n) is 9.70. The number of hydrogen-bond acceptors (Lipinski definition) is 5. The first-order valence-corrected chi connectivity index (χ1v) is 9.70. The summed E-state index contributed by atoms with van der Waals surface area (Å²) in [6.45, 7) is 7.08. The Bertz CT molecular complexity index is 748. The molecule has 7 heteroatoms. The van der Waals surface area contributed by atoms with Crippen molar-refractivity contribution in [2.24, 2.45) is 0 Å². The van der Waals surface area contributed by atoms with Gasteiger partial charge in [-0.15, -0.1) is 0 Å². The van der Waals surface area contributed by atoms with Gasteiger partial charge in [-0.1, -0.05) is 12.1 Å². The number of nitrogens with one attached hydrogen (secondary N) is 2. The molecule has 1 unspecified atom stereocenters. The van der Waals surface area contributed by atoms with Crippen LogP contribution in [0.2, 0.25) is 0 Å². The summed E-state index contributed by atoms with van der Waals surface area (Å²) in [5, 5.41) is 5.92. The van der Waals surface area contributed by atoms with E-state index in [4.69, 9.17) is 9.47 Å². The predicted molar refractivity (Wildman–Crippen MR) is 105 cm³/mol. The van der Waals surface area contributed by atoms with Gasteiger partial charge in [0.05, 0.1) is 12.6 Å². The van der Waals surface area contributed by atoms with Crippen LogP contribution < -0.4 is 15.4 Å². The Labute approximate surface area is 165 Å². The summed E-state index contributed by atoms with van der Waals surface area (Å²) >= 11 is 0. The molecular formula is C21H28FN3O3. The molecule has 0 aromatic heterocycles. The van der Waals surface area contributed by atoms with Gasteiger partial charge in [0.25, 0.3) is 0 Å². The van der Waals surface area contributed by atoms with Gasteiger partial charge in [0.15, 0.2) is 11.6 Å². The molecule has 1 fully saturated rings. The van der Waals surface area contributed by atoms with Crippen molar-refractivity contribution in [1.29, 1.82) is 0 Å². The number of hydrogen-bond donors (Lipinski definition) is 2. The van der Waals surface area contributed by atoms with Crippen LogP contribution in [-0.4, -0.2) is 42.8 Å². The third-order valence-electron chi connectivity index (χ3n) is 4.91. The zero-order valence-corrected chi connectivity index (χ0v) is 16.6. The molecule has 0 aliphatic carbocycles. The van der Waals surface area contributed by atoms with Gasteiger partial charge in [-0.3, -0.25) is 9.69 Å². The van der Waals surface area contributed by atoms with Gasteiger partial charge in [-0.05, 0) is 44.0 Å². The molecule has 0 saturated carbocycles. The lowest BCUT2D eigenvalue weighted by Gasteiger charge is -2.29. The van der Waals surface area contributed by atoms with E-state index in [0.29, 0.717) is 18.9 Å². The SMILES string of the molecule is CCOC1=C(F)C(N2CC[C@@H](Oc3ccc([C@H](C)NC(C)=O)cc3)C2)NC=C1. The molecule has 0 spiro atoms. The minimum Gasteiger partial charge on any atom is -0.491 e. The Morgan fingerprint density at radius 3 is 2.82 bits per heavy atom. The smallest absolute Gasteiger partial charge is 0.217 e. The molecule has 1 saturated heterocycles. The Morgan fingerprint density at radius 1 is 1.39 bits per heavy atom. The molecule has 0 radical (unpaired) electrons. The number of rotatable bonds is 7. The normalized spacial score (nSPS) is 23.3. The van der Waals surface area contributed by atoms with Crippen molar-refractivity contribution in [2.45, 2.75) is 45.5 Å². The highest BCUT2D eigenvalue weighted by Gasteiger charge is 2.34. The summed E-state index contributed by atoms with van der Waals surface area (Å²) in [4.78, 5) is 13.2. The molecule has 2 aliphatic heterocycles. The number of carbonyl (C=O) groups is 1. The van der Waals surface area contributed by atoms with Crippen molar-refractivity contribution in [1.82, 2.24) is 15.5 Å². The van der Waals surface area contributed by atoms with E-state index in [2.05, 4.69) is 10.6 Å². The molecule has 2 heterocycles. The summed E-state index contributed by atoms with van der Waals surface area (Å²) in [6, 6.07) is 7.67. The quantitative estimate of drug-likeness (QED) is 0.751. The van der Waals surface area contributed by atoms with Crippen LogP contribution in [0.1, 0.15) is 38.8 Å². The van der Waals surface area contributed by atoms with E-state index in [1.54, 1.807) is 12.3 Å². The van der Waals surface area contributed by atoms with Gasteiger partial charge < -0.3 is 20.1 Å². The number of ether oxygens (including phenoxy) is 2. The molecule has 28 heavy (non-hydrogen) atoms. The van der Waals surface area contributed by atoms with Crippen LogP contribution in [0.25, 0.3) is 0 Å². The number of allylic oxidation sites excluding steroid dienone is 1. The van der Waals surface area contributed by atoms with E-state index in [1.807, 2.05) is 43.0 Å². The zero-order valence-electron chi connectivity index (χ0n) is 16.6. The van der Waals surface area contributed by atoms with Crippen molar-refractivity contribution in [3.63, 3.8) is 0 Å². The Kier molecular flexibility index (Phi) is 6.57. The number of halogens is 1. The van der Waals surface area contributed by atoms with Crippen LogP contribution in [0, 0.1) is 0 Å². The summed E-state index contributed by atoms with van der Waals surface area (Å²) in [6.07, 6.45) is 3.64. The summed E-state index contributed by atoms with van der Waals surface area (Å²) in [5.74, 6) is 0.716. The molecule has 3 rings (SSSR count). The minimum atomic E-state index is -0.513. The number of dihydropyridines is 1. The molecule has 3 atom stereocenters. The van der Waals surface area contributed by atoms with E-state index in [1.165, 1.54) is 6.92 Å². The van der Waals surface area contributed by atoms with Crippen LogP contribution >= 0.6 is 0 Å². The van der Waals surface area contributed by atoms with E-state index < -0.39 is 6.17 Å². The van der Waals surface area contributed by atoms with E-state index in [-0.39, 0.29) is 23.9 Å². The van der Waals surface area contributed by atoms with Crippen molar-refractivity contribution in [3.8, 4) is 5.75 Å². The van der Waals surface area contributed by atoms with Crippen molar-refractivity contribution in [3.05, 3.63) is 53.7 Å². The topological polar surface area (TPSA) is 62.8 Å². The average Bonchev–Trinajstić information content (AvgIpc) is 3.12. The average molecular weight is 389 g/mol. The largest absolute Gasteiger partial charge is 0.491 e. The van der Waals surface area contributed by atoms with Crippen LogP contribution in [-0.2, 0) is 9.53 Å². The van der Waals surface area contributed by atoms with E-state index >= 15 is 0 Å². The lowest BCUT2D eigenvalue weighted by atomic mass is 10.1. The van der Waals surface area contributed by atoms with Gasteiger partial charge in [0.1, 0.15) is 18.0 Å². The number of benzene rings is 1. The fraction of sp³-hybridized carbons (Fsp3) is 0.476. The third-order valence-corrected chi connectivity index (χ3v) is 4.91. The van der Waals surface area contributed by atoms with Crippen LogP contribution in [0.4, 0.5) is 4.39 Å². The lowest BCUT2D eigenvalue weighted by molar-refractivity contribution is -0.119. The summed E-state index contributed by atoms with van der Waals surface area (Å²) in [7, 11) is 0. The van der Waals surface area contributed by atoms with Gasteiger partial charge in [0.2, 0.25) is 5.91 Å². The number of nitrogens with zero attached hydrogens (tertiary/aromatic N) is 1. The third kappa shape index (κ3) is 4.84. The maximum atomic E-state index is 14.6. The minimum absolute atomic E-state index is 0.00494.